The molecular formula is C15H18F4N2O2. The van der Waals surface area contributed by atoms with Crippen molar-refractivity contribution in [1.29, 1.82) is 0 Å². The molecule has 4 nitrogen and oxygen atoms in total. The third-order valence-corrected chi connectivity index (χ3v) is 4.09. The van der Waals surface area contributed by atoms with Gasteiger partial charge in [-0.1, -0.05) is 6.42 Å². The zero-order chi connectivity index (χ0) is 17.1. The number of nitrogens with one attached hydrogen (secondary N) is 1. The van der Waals surface area contributed by atoms with Crippen molar-refractivity contribution >= 4 is 6.03 Å². The van der Waals surface area contributed by atoms with Gasteiger partial charge in [0.25, 0.3) is 0 Å². The fourth-order valence-electron chi connectivity index (χ4n) is 2.74. The highest BCUT2D eigenvalue weighted by atomic mass is 19.2. The molecule has 1 fully saturated rings. The molecule has 0 radical (unpaired) electrons. The molecule has 0 spiro atoms. The van der Waals surface area contributed by atoms with Crippen LogP contribution in [0.3, 0.4) is 0 Å². The molecule has 1 aromatic rings. The van der Waals surface area contributed by atoms with Gasteiger partial charge in [-0.15, -0.1) is 0 Å². The first-order chi connectivity index (χ1) is 10.8. The summed E-state index contributed by atoms with van der Waals surface area (Å²) in [6.45, 7) is -0.391. The monoisotopic (exact) mass is 334 g/mol. The number of aliphatic hydroxyl groups is 1. The molecule has 2 atom stereocenters. The summed E-state index contributed by atoms with van der Waals surface area (Å²) in [5, 5.41) is 11.9. The molecule has 0 heterocycles. The average Bonchev–Trinajstić information content (AvgIpc) is 2.90. The molecule has 0 unspecified atom stereocenters. The number of benzene rings is 1. The second kappa shape index (κ2) is 7.16. The van der Waals surface area contributed by atoms with Crippen LogP contribution in [0, 0.1) is 29.2 Å². The highest BCUT2D eigenvalue weighted by Crippen LogP contribution is 2.26. The summed E-state index contributed by atoms with van der Waals surface area (Å²) in [5.74, 6) is -6.15. The van der Waals surface area contributed by atoms with Crippen molar-refractivity contribution in [3.05, 3.63) is 34.9 Å². The SMILES string of the molecule is CN(C[C@H]1CCC[C@H]1O)C(=O)NCc1c(F)c(F)cc(F)c1F. The predicted octanol–water partition coefficient (Wildman–Crippen LogP) is 2.55. The van der Waals surface area contributed by atoms with Crippen molar-refractivity contribution in [3.8, 4) is 0 Å². The number of hydrogen-bond acceptors (Lipinski definition) is 2. The largest absolute Gasteiger partial charge is 0.393 e. The Bertz CT molecular complexity index is 571. The molecule has 1 saturated carbocycles. The number of carbonyl (C=O) groups is 1. The summed E-state index contributed by atoms with van der Waals surface area (Å²) >= 11 is 0. The van der Waals surface area contributed by atoms with Crippen molar-refractivity contribution in [2.45, 2.75) is 31.9 Å². The van der Waals surface area contributed by atoms with Gasteiger partial charge >= 0.3 is 6.03 Å². The molecule has 2 rings (SSSR count). The van der Waals surface area contributed by atoms with Gasteiger partial charge in [-0.25, -0.2) is 22.4 Å². The molecule has 1 aliphatic carbocycles. The molecule has 1 aliphatic rings. The summed E-state index contributed by atoms with van der Waals surface area (Å²) in [6.07, 6.45) is 1.87. The first kappa shape index (κ1) is 17.5. The highest BCUT2D eigenvalue weighted by Gasteiger charge is 2.27. The van der Waals surface area contributed by atoms with Gasteiger partial charge in [-0.05, 0) is 12.8 Å². The standard InChI is InChI=1S/C15H18F4N2O2/c1-21(7-8-3-2-4-12(8)22)15(23)20-6-9-13(18)10(16)5-11(17)14(9)19/h5,8,12,22H,2-4,6-7H2,1H3,(H,20,23)/t8-,12-/m1/s1. The number of aliphatic hydroxyl groups excluding tert-OH is 1. The molecule has 8 heteroatoms. The van der Waals surface area contributed by atoms with E-state index in [1.54, 1.807) is 0 Å². The maximum atomic E-state index is 13.5. The Morgan fingerprint density at radius 3 is 2.39 bits per heavy atom. The van der Waals surface area contributed by atoms with Gasteiger partial charge in [0.2, 0.25) is 0 Å². The van der Waals surface area contributed by atoms with Crippen molar-refractivity contribution in [3.63, 3.8) is 0 Å². The predicted molar refractivity (Wildman–Crippen MR) is 74.5 cm³/mol. The second-order valence-electron chi connectivity index (χ2n) is 5.74. The smallest absolute Gasteiger partial charge is 0.317 e. The van der Waals surface area contributed by atoms with E-state index < -0.39 is 47.5 Å². The lowest BCUT2D eigenvalue weighted by Crippen LogP contribution is -2.41. The number of halogens is 4. The third kappa shape index (κ3) is 3.93. The lowest BCUT2D eigenvalue weighted by Gasteiger charge is -2.23. The third-order valence-electron chi connectivity index (χ3n) is 4.09. The van der Waals surface area contributed by atoms with Crippen LogP contribution in [0.15, 0.2) is 6.07 Å². The molecule has 0 aromatic heterocycles. The van der Waals surface area contributed by atoms with E-state index >= 15 is 0 Å². The van der Waals surface area contributed by atoms with Gasteiger partial charge < -0.3 is 15.3 Å². The quantitative estimate of drug-likeness (QED) is 0.657. The zero-order valence-corrected chi connectivity index (χ0v) is 12.6. The summed E-state index contributed by atoms with van der Waals surface area (Å²) in [6, 6.07) is -0.531. The zero-order valence-electron chi connectivity index (χ0n) is 12.6. The number of carbonyl (C=O) groups excluding carboxylic acids is 1. The van der Waals surface area contributed by atoms with E-state index in [1.807, 2.05) is 0 Å². The number of rotatable bonds is 4. The van der Waals surface area contributed by atoms with Crippen LogP contribution in [0.1, 0.15) is 24.8 Å². The summed E-state index contributed by atoms with van der Waals surface area (Å²) in [7, 11) is 1.47. The normalized spacial score (nSPS) is 20.6. The average molecular weight is 334 g/mol. The van der Waals surface area contributed by atoms with Crippen molar-refractivity contribution in [2.75, 3.05) is 13.6 Å². The fraction of sp³-hybridized carbons (Fsp3) is 0.533. The Hall–Kier alpha value is -1.83. The van der Waals surface area contributed by atoms with Crippen LogP contribution in [0.5, 0.6) is 0 Å². The van der Waals surface area contributed by atoms with E-state index in [9.17, 15) is 27.5 Å². The maximum Gasteiger partial charge on any atom is 0.317 e. The van der Waals surface area contributed by atoms with Gasteiger partial charge in [0.05, 0.1) is 12.6 Å². The highest BCUT2D eigenvalue weighted by molar-refractivity contribution is 5.73. The van der Waals surface area contributed by atoms with Crippen molar-refractivity contribution < 1.29 is 27.5 Å². The van der Waals surface area contributed by atoms with Gasteiger partial charge in [-0.2, -0.15) is 0 Å². The molecule has 0 saturated heterocycles. The van der Waals surface area contributed by atoms with Crippen LogP contribution in [-0.2, 0) is 6.54 Å². The molecule has 2 amide bonds. The van der Waals surface area contributed by atoms with E-state index in [0.717, 1.165) is 12.8 Å². The molecule has 1 aromatic carbocycles. The van der Waals surface area contributed by atoms with Crippen LogP contribution < -0.4 is 5.32 Å². The number of amides is 2. The number of urea groups is 1. The van der Waals surface area contributed by atoms with Gasteiger partial charge in [0.1, 0.15) is 0 Å². The minimum absolute atomic E-state index is 0.0502. The van der Waals surface area contributed by atoms with Crippen LogP contribution in [0.4, 0.5) is 22.4 Å². The Morgan fingerprint density at radius 1 is 1.26 bits per heavy atom. The van der Waals surface area contributed by atoms with Crippen LogP contribution >= 0.6 is 0 Å². The van der Waals surface area contributed by atoms with E-state index in [-0.39, 0.29) is 18.5 Å². The lowest BCUT2D eigenvalue weighted by atomic mass is 10.1. The molecule has 23 heavy (non-hydrogen) atoms. The van der Waals surface area contributed by atoms with Gasteiger partial charge in [0, 0.05) is 31.1 Å². The topological polar surface area (TPSA) is 52.6 Å². The van der Waals surface area contributed by atoms with E-state index in [1.165, 1.54) is 11.9 Å². The van der Waals surface area contributed by atoms with Crippen LogP contribution in [-0.4, -0.2) is 35.7 Å². The van der Waals surface area contributed by atoms with Gasteiger partial charge in [-0.3, -0.25) is 0 Å². The van der Waals surface area contributed by atoms with E-state index in [2.05, 4.69) is 5.32 Å². The molecule has 0 aliphatic heterocycles. The summed E-state index contributed by atoms with van der Waals surface area (Å²) in [4.78, 5) is 13.2. The van der Waals surface area contributed by atoms with E-state index in [4.69, 9.17) is 0 Å². The minimum Gasteiger partial charge on any atom is -0.393 e. The number of nitrogens with zero attached hydrogens (tertiary/aromatic N) is 1. The molecule has 128 valence electrons. The Morgan fingerprint density at radius 2 is 1.87 bits per heavy atom. The van der Waals surface area contributed by atoms with Crippen LogP contribution in [0.2, 0.25) is 0 Å². The molecular weight excluding hydrogens is 316 g/mol. The van der Waals surface area contributed by atoms with Gasteiger partial charge in [0.15, 0.2) is 23.3 Å². The Kier molecular flexibility index (Phi) is 5.46. The first-order valence-corrected chi connectivity index (χ1v) is 7.30. The van der Waals surface area contributed by atoms with Crippen LogP contribution in [0.25, 0.3) is 0 Å². The number of hydrogen-bond donors (Lipinski definition) is 2. The molecule has 0 bridgehead atoms. The lowest BCUT2D eigenvalue weighted by molar-refractivity contribution is 0.114. The fourth-order valence-corrected chi connectivity index (χ4v) is 2.74. The summed E-state index contributed by atoms with van der Waals surface area (Å²) in [5.41, 5.74) is -0.870. The minimum atomic E-state index is -1.53. The molecule has 2 N–H and O–H groups in total. The maximum absolute atomic E-state index is 13.5. The van der Waals surface area contributed by atoms with E-state index in [0.29, 0.717) is 6.42 Å². The Balaban J connectivity index is 1.96. The Labute approximate surface area is 131 Å². The second-order valence-corrected chi connectivity index (χ2v) is 5.74. The van der Waals surface area contributed by atoms with Crippen molar-refractivity contribution in [1.82, 2.24) is 10.2 Å². The summed E-state index contributed by atoms with van der Waals surface area (Å²) < 4.78 is 53.2. The first-order valence-electron chi connectivity index (χ1n) is 7.30. The van der Waals surface area contributed by atoms with Crippen molar-refractivity contribution in [2.24, 2.45) is 5.92 Å².